The maximum absolute atomic E-state index is 13.8. The van der Waals surface area contributed by atoms with Crippen LogP contribution in [-0.4, -0.2) is 17.7 Å². The molecule has 0 N–H and O–H groups in total. The van der Waals surface area contributed by atoms with Crippen molar-refractivity contribution in [1.82, 2.24) is 0 Å². The predicted octanol–water partition coefficient (Wildman–Crippen LogP) is 3.09. The second kappa shape index (κ2) is 5.18. The average Bonchev–Trinajstić information content (AvgIpc) is 2.36. The Morgan fingerprint density at radius 2 is 1.62 bits per heavy atom. The molecule has 2 rings (SSSR count). The molecule has 0 radical (unpaired) electrons. The van der Waals surface area contributed by atoms with Gasteiger partial charge in [-0.05, 0) is 28.1 Å². The highest BCUT2D eigenvalue weighted by atomic mass is 79.9. The Balaban J connectivity index is 2.50. The monoisotopic (exact) mass is 364 g/mol. The number of hydrogen-bond acceptors (Lipinski definition) is 4. The normalized spacial score (nSPS) is 17.3. The van der Waals surface area contributed by atoms with Crippen molar-refractivity contribution in [2.24, 2.45) is 0 Å². The Kier molecular flexibility index (Phi) is 3.83. The number of carbonyl (C=O) groups is 2. The van der Waals surface area contributed by atoms with E-state index in [4.69, 9.17) is 9.47 Å². The molecule has 112 valence electrons. The minimum absolute atomic E-state index is 0.496. The number of carbonyl (C=O) groups excluding carboxylic acids is 2. The number of hydrogen-bond donors (Lipinski definition) is 0. The molecule has 1 aromatic carbocycles. The Morgan fingerprint density at radius 1 is 1.10 bits per heavy atom. The van der Waals surface area contributed by atoms with E-state index in [0.29, 0.717) is 6.07 Å². The Bertz CT molecular complexity index is 660. The lowest BCUT2D eigenvalue weighted by atomic mass is 10.1. The van der Waals surface area contributed by atoms with Gasteiger partial charge in [-0.15, -0.1) is 0 Å². The van der Waals surface area contributed by atoms with E-state index in [1.807, 2.05) is 0 Å². The summed E-state index contributed by atoms with van der Waals surface area (Å²) in [6.07, 6.45) is 0.739. The van der Waals surface area contributed by atoms with E-state index in [2.05, 4.69) is 15.9 Å². The molecule has 0 saturated carbocycles. The van der Waals surface area contributed by atoms with Crippen LogP contribution in [0.1, 0.15) is 19.4 Å². The largest absolute Gasteiger partial charge is 0.419 e. The summed E-state index contributed by atoms with van der Waals surface area (Å²) in [4.78, 5) is 23.4. The van der Waals surface area contributed by atoms with Crippen LogP contribution in [0.4, 0.5) is 13.2 Å². The van der Waals surface area contributed by atoms with Crippen molar-refractivity contribution in [2.45, 2.75) is 19.6 Å². The molecule has 8 heteroatoms. The number of ether oxygens (including phenoxy) is 2. The third kappa shape index (κ3) is 2.94. The number of halogens is 4. The molecule has 4 nitrogen and oxygen atoms in total. The molecular weight excluding hydrogens is 357 g/mol. The van der Waals surface area contributed by atoms with E-state index >= 15 is 0 Å². The zero-order valence-electron chi connectivity index (χ0n) is 10.8. The van der Waals surface area contributed by atoms with E-state index in [1.165, 1.54) is 13.8 Å². The summed E-state index contributed by atoms with van der Waals surface area (Å²) < 4.78 is 49.1. The predicted molar refractivity (Wildman–Crippen MR) is 68.3 cm³/mol. The maximum atomic E-state index is 13.8. The van der Waals surface area contributed by atoms with E-state index < -0.39 is 50.8 Å². The van der Waals surface area contributed by atoms with Gasteiger partial charge in [0.1, 0.15) is 11.4 Å². The van der Waals surface area contributed by atoms with Crippen molar-refractivity contribution >= 4 is 33.9 Å². The first-order valence-corrected chi connectivity index (χ1v) is 6.43. The quantitative estimate of drug-likeness (QED) is 0.252. The fourth-order valence-corrected chi connectivity index (χ4v) is 2.05. The minimum atomic E-state index is -1.45. The average molecular weight is 365 g/mol. The van der Waals surface area contributed by atoms with Gasteiger partial charge in [0.15, 0.2) is 11.6 Å². The summed E-state index contributed by atoms with van der Waals surface area (Å²) in [5.74, 6) is -7.45. The van der Waals surface area contributed by atoms with Crippen molar-refractivity contribution in [2.75, 3.05) is 0 Å². The van der Waals surface area contributed by atoms with Crippen molar-refractivity contribution in [1.29, 1.82) is 0 Å². The highest BCUT2D eigenvalue weighted by Crippen LogP contribution is 2.29. The second-order valence-electron chi connectivity index (χ2n) is 4.63. The van der Waals surface area contributed by atoms with Gasteiger partial charge >= 0.3 is 11.9 Å². The molecule has 1 heterocycles. The SMILES string of the molecule is CC1(C)OC(=O)C(=Cc2cc(F)c(F)c(Br)c2F)C(=O)O1. The molecular formula is C13H8BrF3O4. The number of esters is 2. The van der Waals surface area contributed by atoms with E-state index in [9.17, 15) is 22.8 Å². The standard InChI is InChI=1S/C13H8BrF3O4/c1-13(2)20-11(18)6(12(19)21-13)3-5-4-7(15)10(17)8(14)9(5)16/h3-4H,1-2H3. The number of cyclic esters (lactones) is 2. The summed E-state index contributed by atoms with van der Waals surface area (Å²) in [7, 11) is 0. The summed E-state index contributed by atoms with van der Waals surface area (Å²) in [5, 5.41) is 0. The number of rotatable bonds is 1. The van der Waals surface area contributed by atoms with Crippen molar-refractivity contribution in [3.8, 4) is 0 Å². The Hall–Kier alpha value is -1.83. The molecule has 1 aliphatic heterocycles. The van der Waals surface area contributed by atoms with Gasteiger partial charge < -0.3 is 9.47 Å². The molecule has 21 heavy (non-hydrogen) atoms. The van der Waals surface area contributed by atoms with Gasteiger partial charge in [-0.2, -0.15) is 0 Å². The van der Waals surface area contributed by atoms with Crippen LogP contribution in [0.2, 0.25) is 0 Å². The topological polar surface area (TPSA) is 52.6 Å². The van der Waals surface area contributed by atoms with Crippen LogP contribution in [0.25, 0.3) is 6.08 Å². The maximum Gasteiger partial charge on any atom is 0.348 e. The van der Waals surface area contributed by atoms with Crippen LogP contribution in [-0.2, 0) is 19.1 Å². The van der Waals surface area contributed by atoms with Crippen LogP contribution in [0.5, 0.6) is 0 Å². The van der Waals surface area contributed by atoms with Crippen LogP contribution >= 0.6 is 15.9 Å². The Labute approximate surface area is 125 Å². The van der Waals surface area contributed by atoms with E-state index in [-0.39, 0.29) is 0 Å². The molecule has 1 fully saturated rings. The van der Waals surface area contributed by atoms with Crippen LogP contribution in [0.15, 0.2) is 16.1 Å². The number of benzene rings is 1. The molecule has 0 atom stereocenters. The first-order valence-electron chi connectivity index (χ1n) is 5.64. The van der Waals surface area contributed by atoms with Crippen LogP contribution in [0.3, 0.4) is 0 Å². The fraction of sp³-hybridized carbons (Fsp3) is 0.231. The van der Waals surface area contributed by atoms with Crippen LogP contribution < -0.4 is 0 Å². The molecule has 1 saturated heterocycles. The zero-order valence-corrected chi connectivity index (χ0v) is 12.4. The molecule has 1 aliphatic rings. The lowest BCUT2D eigenvalue weighted by molar-refractivity contribution is -0.222. The lowest BCUT2D eigenvalue weighted by Gasteiger charge is -2.29. The molecule has 0 aromatic heterocycles. The summed E-state index contributed by atoms with van der Waals surface area (Å²) in [5.41, 5.74) is -1.12. The smallest absolute Gasteiger partial charge is 0.348 e. The first kappa shape index (κ1) is 15.6. The first-order chi connectivity index (χ1) is 9.62. The van der Waals surface area contributed by atoms with Gasteiger partial charge in [0.25, 0.3) is 5.79 Å². The molecule has 0 aliphatic carbocycles. The fourth-order valence-electron chi connectivity index (χ4n) is 1.63. The third-order valence-electron chi connectivity index (χ3n) is 2.55. The van der Waals surface area contributed by atoms with Gasteiger partial charge in [0.05, 0.1) is 4.47 Å². The van der Waals surface area contributed by atoms with E-state index in [0.717, 1.165) is 6.08 Å². The van der Waals surface area contributed by atoms with Gasteiger partial charge in [-0.25, -0.2) is 22.8 Å². The summed E-state index contributed by atoms with van der Waals surface area (Å²) >= 11 is 2.54. The lowest BCUT2D eigenvalue weighted by Crippen LogP contribution is -2.41. The third-order valence-corrected chi connectivity index (χ3v) is 3.24. The second-order valence-corrected chi connectivity index (χ2v) is 5.42. The van der Waals surface area contributed by atoms with Crippen LogP contribution in [0, 0.1) is 17.5 Å². The van der Waals surface area contributed by atoms with Crippen molar-refractivity contribution in [3.05, 3.63) is 39.1 Å². The molecule has 0 unspecified atom stereocenters. The summed E-state index contributed by atoms with van der Waals surface area (Å²) in [6.45, 7) is 2.68. The van der Waals surface area contributed by atoms with Crippen molar-refractivity contribution in [3.63, 3.8) is 0 Å². The van der Waals surface area contributed by atoms with Gasteiger partial charge in [0, 0.05) is 19.4 Å². The molecule has 0 amide bonds. The summed E-state index contributed by atoms with van der Waals surface area (Å²) in [6, 6.07) is 0.517. The zero-order chi connectivity index (χ0) is 15.9. The van der Waals surface area contributed by atoms with Gasteiger partial charge in [-0.3, -0.25) is 0 Å². The highest BCUT2D eigenvalue weighted by Gasteiger charge is 2.39. The van der Waals surface area contributed by atoms with E-state index in [1.54, 1.807) is 0 Å². The molecule has 0 spiro atoms. The highest BCUT2D eigenvalue weighted by molar-refractivity contribution is 9.10. The van der Waals surface area contributed by atoms with Crippen molar-refractivity contribution < 1.29 is 32.2 Å². The van der Waals surface area contributed by atoms with Gasteiger partial charge in [0.2, 0.25) is 0 Å². The minimum Gasteiger partial charge on any atom is -0.419 e. The molecule has 1 aromatic rings. The molecule has 0 bridgehead atoms. The Morgan fingerprint density at radius 3 is 2.14 bits per heavy atom. The van der Waals surface area contributed by atoms with Gasteiger partial charge in [-0.1, -0.05) is 0 Å².